The van der Waals surface area contributed by atoms with Crippen LogP contribution >= 0.6 is 0 Å². The number of nitrogens with zero attached hydrogens (tertiary/aromatic N) is 2. The number of benzene rings is 3. The average Bonchev–Trinajstić information content (AvgIpc) is 3.57. The Hall–Kier alpha value is -3.80. The van der Waals surface area contributed by atoms with Gasteiger partial charge >= 0.3 is 0 Å². The monoisotopic (exact) mass is 424 g/mol. The molecule has 0 atom stereocenters. The van der Waals surface area contributed by atoms with Crippen LogP contribution < -0.4 is 21.3 Å². The van der Waals surface area contributed by atoms with Gasteiger partial charge in [0.25, 0.3) is 0 Å². The summed E-state index contributed by atoms with van der Waals surface area (Å²) in [5, 5.41) is 13.7. The third-order valence-electron chi connectivity index (χ3n) is 5.65. The number of amidine groups is 2. The first-order valence-electron chi connectivity index (χ1n) is 11.2. The predicted octanol–water partition coefficient (Wildman–Crippen LogP) is 3.61. The van der Waals surface area contributed by atoms with Crippen LogP contribution in [0.25, 0.3) is 0 Å². The van der Waals surface area contributed by atoms with Gasteiger partial charge in [-0.1, -0.05) is 24.3 Å². The molecule has 0 spiro atoms. The van der Waals surface area contributed by atoms with Gasteiger partial charge in [0.1, 0.15) is 11.7 Å². The van der Waals surface area contributed by atoms with Crippen molar-refractivity contribution in [1.29, 1.82) is 0 Å². The molecule has 0 aromatic heterocycles. The molecular weight excluding hydrogens is 396 g/mol. The zero-order valence-electron chi connectivity index (χ0n) is 18.1. The second-order valence-electron chi connectivity index (χ2n) is 8.00. The molecule has 2 heterocycles. The van der Waals surface area contributed by atoms with Crippen LogP contribution in [0.1, 0.15) is 22.3 Å². The van der Waals surface area contributed by atoms with Gasteiger partial charge in [0.2, 0.25) is 0 Å². The Morgan fingerprint density at radius 3 is 1.50 bits per heavy atom. The van der Waals surface area contributed by atoms with Gasteiger partial charge in [-0.2, -0.15) is 0 Å². The summed E-state index contributed by atoms with van der Waals surface area (Å²) in [6.07, 6.45) is 0. The van der Waals surface area contributed by atoms with Crippen LogP contribution in [0, 0.1) is 0 Å². The molecule has 32 heavy (non-hydrogen) atoms. The molecule has 0 aliphatic carbocycles. The normalized spacial score (nSPS) is 14.9. The van der Waals surface area contributed by atoms with Crippen molar-refractivity contribution in [3.8, 4) is 0 Å². The third-order valence-corrected chi connectivity index (χ3v) is 5.65. The van der Waals surface area contributed by atoms with Crippen molar-refractivity contribution in [1.82, 2.24) is 10.6 Å². The molecule has 0 bridgehead atoms. The van der Waals surface area contributed by atoms with Crippen molar-refractivity contribution >= 4 is 23.0 Å². The lowest BCUT2D eigenvalue weighted by Gasteiger charge is -2.11. The summed E-state index contributed by atoms with van der Waals surface area (Å²) in [6.45, 7) is 5.16. The molecule has 0 unspecified atom stereocenters. The SMILES string of the molecule is c1cc(CNc2ccc(C3=NCCN3)cc2)cc(CNc2ccc(C3=NCCN3)cc2)c1. The first kappa shape index (κ1) is 20.1. The molecule has 2 aliphatic heterocycles. The van der Waals surface area contributed by atoms with E-state index in [1.165, 1.54) is 11.1 Å². The van der Waals surface area contributed by atoms with Gasteiger partial charge in [0, 0.05) is 48.7 Å². The fraction of sp³-hybridized carbons (Fsp3) is 0.231. The van der Waals surface area contributed by atoms with Crippen LogP contribution in [-0.4, -0.2) is 37.9 Å². The van der Waals surface area contributed by atoms with E-state index in [2.05, 4.69) is 104 Å². The summed E-state index contributed by atoms with van der Waals surface area (Å²) < 4.78 is 0. The summed E-state index contributed by atoms with van der Waals surface area (Å²) >= 11 is 0. The van der Waals surface area contributed by atoms with Gasteiger partial charge in [-0.15, -0.1) is 0 Å². The quantitative estimate of drug-likeness (QED) is 0.446. The fourth-order valence-electron chi connectivity index (χ4n) is 3.93. The number of hydrogen-bond acceptors (Lipinski definition) is 6. The molecule has 2 aliphatic rings. The van der Waals surface area contributed by atoms with E-state index < -0.39 is 0 Å². The van der Waals surface area contributed by atoms with Crippen molar-refractivity contribution in [2.75, 3.05) is 36.8 Å². The molecule has 0 saturated heterocycles. The summed E-state index contributed by atoms with van der Waals surface area (Å²) in [4.78, 5) is 8.94. The summed E-state index contributed by atoms with van der Waals surface area (Å²) in [6, 6.07) is 25.6. The lowest BCUT2D eigenvalue weighted by atomic mass is 10.1. The number of anilines is 2. The summed E-state index contributed by atoms with van der Waals surface area (Å²) in [7, 11) is 0. The predicted molar refractivity (Wildman–Crippen MR) is 133 cm³/mol. The van der Waals surface area contributed by atoms with E-state index in [4.69, 9.17) is 0 Å². The average molecular weight is 425 g/mol. The zero-order chi connectivity index (χ0) is 21.6. The molecule has 3 aromatic rings. The molecule has 6 nitrogen and oxygen atoms in total. The smallest absolute Gasteiger partial charge is 0.128 e. The lowest BCUT2D eigenvalue weighted by Crippen LogP contribution is -2.19. The minimum absolute atomic E-state index is 0.788. The van der Waals surface area contributed by atoms with Crippen LogP contribution in [0.5, 0.6) is 0 Å². The fourth-order valence-corrected chi connectivity index (χ4v) is 3.93. The maximum absolute atomic E-state index is 4.47. The number of nitrogens with one attached hydrogen (secondary N) is 4. The van der Waals surface area contributed by atoms with Gasteiger partial charge in [-0.25, -0.2) is 0 Å². The van der Waals surface area contributed by atoms with Crippen LogP contribution in [0.2, 0.25) is 0 Å². The maximum atomic E-state index is 4.47. The van der Waals surface area contributed by atoms with Crippen LogP contribution in [0.3, 0.4) is 0 Å². The first-order valence-corrected chi connectivity index (χ1v) is 11.2. The summed E-state index contributed by atoms with van der Waals surface area (Å²) in [5.41, 5.74) is 7.02. The van der Waals surface area contributed by atoms with Crippen molar-refractivity contribution in [2.24, 2.45) is 9.98 Å². The Morgan fingerprint density at radius 1 is 0.625 bits per heavy atom. The molecule has 0 radical (unpaired) electrons. The topological polar surface area (TPSA) is 72.8 Å². The molecule has 6 heteroatoms. The van der Waals surface area contributed by atoms with E-state index in [9.17, 15) is 0 Å². The lowest BCUT2D eigenvalue weighted by molar-refractivity contribution is 0.960. The van der Waals surface area contributed by atoms with Crippen LogP contribution in [0.15, 0.2) is 82.8 Å². The Labute approximate surface area is 188 Å². The second kappa shape index (κ2) is 9.56. The molecule has 162 valence electrons. The van der Waals surface area contributed by atoms with E-state index in [0.29, 0.717) is 0 Å². The minimum atomic E-state index is 0.788. The number of hydrogen-bond donors (Lipinski definition) is 4. The van der Waals surface area contributed by atoms with E-state index in [1.54, 1.807) is 0 Å². The van der Waals surface area contributed by atoms with Crippen molar-refractivity contribution in [3.63, 3.8) is 0 Å². The van der Waals surface area contributed by atoms with E-state index in [-0.39, 0.29) is 0 Å². The zero-order valence-corrected chi connectivity index (χ0v) is 18.1. The van der Waals surface area contributed by atoms with Gasteiger partial charge in [-0.3, -0.25) is 9.98 Å². The Bertz CT molecular complexity index is 1030. The van der Waals surface area contributed by atoms with E-state index in [1.807, 2.05) is 0 Å². The minimum Gasteiger partial charge on any atom is -0.381 e. The maximum Gasteiger partial charge on any atom is 0.128 e. The van der Waals surface area contributed by atoms with Crippen LogP contribution in [-0.2, 0) is 13.1 Å². The molecule has 3 aromatic carbocycles. The van der Waals surface area contributed by atoms with Crippen molar-refractivity contribution < 1.29 is 0 Å². The Morgan fingerprint density at radius 2 is 1.09 bits per heavy atom. The number of rotatable bonds is 8. The van der Waals surface area contributed by atoms with Crippen molar-refractivity contribution in [2.45, 2.75) is 13.1 Å². The number of aliphatic imine (C=N–C) groups is 2. The highest BCUT2D eigenvalue weighted by molar-refractivity contribution is 6.00. The van der Waals surface area contributed by atoms with Gasteiger partial charge in [-0.05, 0) is 59.7 Å². The highest BCUT2D eigenvalue weighted by atomic mass is 15.1. The molecule has 5 rings (SSSR count). The molecular formula is C26H28N6. The highest BCUT2D eigenvalue weighted by Gasteiger charge is 2.08. The van der Waals surface area contributed by atoms with Gasteiger partial charge in [0.05, 0.1) is 13.1 Å². The Kier molecular flexibility index (Phi) is 6.01. The van der Waals surface area contributed by atoms with Gasteiger partial charge in [0.15, 0.2) is 0 Å². The molecule has 0 amide bonds. The largest absolute Gasteiger partial charge is 0.381 e. The third kappa shape index (κ3) is 4.91. The Balaban J connectivity index is 1.14. The first-order chi connectivity index (χ1) is 15.8. The summed E-state index contributed by atoms with van der Waals surface area (Å²) in [5.74, 6) is 1.99. The van der Waals surface area contributed by atoms with E-state index in [0.717, 1.165) is 73.4 Å². The molecule has 4 N–H and O–H groups in total. The second-order valence-corrected chi connectivity index (χ2v) is 8.00. The highest BCUT2D eigenvalue weighted by Crippen LogP contribution is 2.15. The van der Waals surface area contributed by atoms with Crippen molar-refractivity contribution in [3.05, 3.63) is 95.1 Å². The van der Waals surface area contributed by atoms with E-state index >= 15 is 0 Å². The van der Waals surface area contributed by atoms with Gasteiger partial charge < -0.3 is 21.3 Å². The van der Waals surface area contributed by atoms with Crippen LogP contribution in [0.4, 0.5) is 11.4 Å². The molecule has 0 fully saturated rings. The standard InChI is InChI=1S/C26H28N6/c1-2-19(17-31-23-8-4-21(5-9-23)25-27-12-13-28-25)16-20(3-1)18-32-24-10-6-22(7-11-24)26-29-14-15-30-26/h1-11,16,31-32H,12-15,17-18H2,(H,27,28)(H,29,30). The molecule has 0 saturated carbocycles.